The number of Topliss-reactive ketones (excluding diaryl/α,β-unsaturated/α-hetero) is 1. The van der Waals surface area contributed by atoms with Crippen molar-refractivity contribution in [3.63, 3.8) is 0 Å². The number of anilines is 1. The molecule has 0 aliphatic heterocycles. The molecule has 12 heteroatoms. The summed E-state index contributed by atoms with van der Waals surface area (Å²) in [5.74, 6) is -12.1. The Labute approximate surface area is 179 Å². The van der Waals surface area contributed by atoms with Gasteiger partial charge in [0.05, 0.1) is 17.3 Å². The number of carbonyl (C=O) groups is 4. The van der Waals surface area contributed by atoms with Crippen LogP contribution in [0.3, 0.4) is 0 Å². The highest BCUT2D eigenvalue weighted by molar-refractivity contribution is 6.38. The van der Waals surface area contributed by atoms with Gasteiger partial charge in [0.1, 0.15) is 5.92 Å². The molecule has 0 heterocycles. The van der Waals surface area contributed by atoms with Crippen LogP contribution in [0.25, 0.3) is 0 Å². The van der Waals surface area contributed by atoms with E-state index >= 15 is 0 Å². The first kappa shape index (κ1) is 24.6. The Balaban J connectivity index is 2.23. The molecule has 0 unspecified atom stereocenters. The van der Waals surface area contributed by atoms with Crippen molar-refractivity contribution >= 4 is 40.8 Å². The van der Waals surface area contributed by atoms with Crippen molar-refractivity contribution in [1.82, 2.24) is 10.6 Å². The minimum absolute atomic E-state index is 0.0502. The molecule has 1 aromatic carbocycles. The molecule has 1 fully saturated rings. The molecule has 0 radical (unpaired) electrons. The first-order chi connectivity index (χ1) is 14.2. The molecule has 3 amide bonds. The van der Waals surface area contributed by atoms with E-state index < -0.39 is 66.6 Å². The van der Waals surface area contributed by atoms with Crippen LogP contribution in [0.2, 0.25) is 5.02 Å². The van der Waals surface area contributed by atoms with Gasteiger partial charge in [0.2, 0.25) is 17.6 Å². The van der Waals surface area contributed by atoms with Crippen LogP contribution in [-0.2, 0) is 14.4 Å². The topological polar surface area (TPSA) is 104 Å². The summed E-state index contributed by atoms with van der Waals surface area (Å²) in [7, 11) is 1.16. The summed E-state index contributed by atoms with van der Waals surface area (Å²) >= 11 is 5.87. The molecule has 2 atom stereocenters. The van der Waals surface area contributed by atoms with E-state index in [1.807, 2.05) is 0 Å². The summed E-state index contributed by atoms with van der Waals surface area (Å²) in [5.41, 5.74) is -0.454. The third kappa shape index (κ3) is 6.65. The Morgan fingerprint density at radius 2 is 1.87 bits per heavy atom. The molecule has 0 bridgehead atoms. The molecule has 0 saturated heterocycles. The van der Waals surface area contributed by atoms with E-state index in [1.165, 1.54) is 12.1 Å². The van der Waals surface area contributed by atoms with Crippen LogP contribution in [0.15, 0.2) is 18.2 Å². The molecular weight excluding hydrogens is 446 g/mol. The SMILES string of the molecule is CNC(=O)C(=O)[C@H](CCC(C)(F)F)NC(=O)c1cc(Cl)ccc1NC(=O)[C@H]1CC1(F)F. The van der Waals surface area contributed by atoms with Crippen molar-refractivity contribution in [2.24, 2.45) is 5.92 Å². The molecule has 31 heavy (non-hydrogen) atoms. The van der Waals surface area contributed by atoms with Gasteiger partial charge in [-0.1, -0.05) is 11.6 Å². The molecule has 0 aromatic heterocycles. The number of benzene rings is 1. The summed E-state index contributed by atoms with van der Waals surface area (Å²) in [4.78, 5) is 48.6. The molecule has 1 aliphatic rings. The average molecular weight is 466 g/mol. The van der Waals surface area contributed by atoms with Crippen LogP contribution < -0.4 is 16.0 Å². The van der Waals surface area contributed by atoms with Crippen LogP contribution >= 0.6 is 11.6 Å². The summed E-state index contributed by atoms with van der Waals surface area (Å²) < 4.78 is 52.7. The largest absolute Gasteiger partial charge is 0.353 e. The smallest absolute Gasteiger partial charge is 0.289 e. The van der Waals surface area contributed by atoms with Crippen molar-refractivity contribution in [2.75, 3.05) is 12.4 Å². The number of carbonyl (C=O) groups excluding carboxylic acids is 4. The number of hydrogen-bond acceptors (Lipinski definition) is 4. The molecule has 1 saturated carbocycles. The van der Waals surface area contributed by atoms with Crippen molar-refractivity contribution in [1.29, 1.82) is 0 Å². The van der Waals surface area contributed by atoms with Crippen LogP contribution in [0.5, 0.6) is 0 Å². The number of amides is 3. The number of rotatable bonds is 9. The van der Waals surface area contributed by atoms with Gasteiger partial charge in [0.15, 0.2) is 0 Å². The minimum Gasteiger partial charge on any atom is -0.353 e. The monoisotopic (exact) mass is 465 g/mol. The second kappa shape index (κ2) is 9.21. The number of ketones is 1. The zero-order valence-electron chi connectivity index (χ0n) is 16.5. The lowest BCUT2D eigenvalue weighted by Crippen LogP contribution is -2.47. The fourth-order valence-electron chi connectivity index (χ4n) is 2.71. The van der Waals surface area contributed by atoms with E-state index in [-0.39, 0.29) is 16.3 Å². The van der Waals surface area contributed by atoms with Crippen molar-refractivity contribution in [3.05, 3.63) is 28.8 Å². The van der Waals surface area contributed by atoms with E-state index in [4.69, 9.17) is 11.6 Å². The van der Waals surface area contributed by atoms with E-state index in [2.05, 4.69) is 16.0 Å². The fourth-order valence-corrected chi connectivity index (χ4v) is 2.89. The Bertz CT molecular complexity index is 905. The summed E-state index contributed by atoms with van der Waals surface area (Å²) in [5, 5.41) is 6.49. The fraction of sp³-hybridized carbons (Fsp3) is 0.474. The second-order valence-corrected chi connectivity index (χ2v) is 7.71. The second-order valence-electron chi connectivity index (χ2n) is 7.28. The number of nitrogens with one attached hydrogen (secondary N) is 3. The molecule has 0 spiro atoms. The number of halogens is 5. The molecule has 170 valence electrons. The lowest BCUT2D eigenvalue weighted by Gasteiger charge is -2.20. The quantitative estimate of drug-likeness (QED) is 0.385. The molecular formula is C19H20ClF4N3O4. The van der Waals surface area contributed by atoms with Gasteiger partial charge in [-0.2, -0.15) is 0 Å². The van der Waals surface area contributed by atoms with Gasteiger partial charge in [0, 0.05) is 24.9 Å². The van der Waals surface area contributed by atoms with E-state index in [1.54, 1.807) is 0 Å². The lowest BCUT2D eigenvalue weighted by molar-refractivity contribution is -0.139. The van der Waals surface area contributed by atoms with Gasteiger partial charge in [0.25, 0.3) is 17.7 Å². The highest BCUT2D eigenvalue weighted by Crippen LogP contribution is 2.49. The zero-order chi connectivity index (χ0) is 23.6. The minimum atomic E-state index is -3.16. The average Bonchev–Trinajstić information content (AvgIpc) is 3.32. The highest BCUT2D eigenvalue weighted by atomic mass is 35.5. The van der Waals surface area contributed by atoms with Crippen LogP contribution in [0.4, 0.5) is 23.2 Å². The molecule has 1 aromatic rings. The lowest BCUT2D eigenvalue weighted by atomic mass is 10.0. The van der Waals surface area contributed by atoms with Gasteiger partial charge in [-0.15, -0.1) is 0 Å². The van der Waals surface area contributed by atoms with E-state index in [0.29, 0.717) is 6.92 Å². The number of hydrogen-bond donors (Lipinski definition) is 3. The van der Waals surface area contributed by atoms with Gasteiger partial charge >= 0.3 is 0 Å². The van der Waals surface area contributed by atoms with Gasteiger partial charge in [-0.3, -0.25) is 19.2 Å². The third-order valence-corrected chi connectivity index (χ3v) is 4.81. The highest BCUT2D eigenvalue weighted by Gasteiger charge is 2.61. The van der Waals surface area contributed by atoms with Gasteiger partial charge in [-0.25, -0.2) is 17.6 Å². The van der Waals surface area contributed by atoms with Crippen LogP contribution in [-0.4, -0.2) is 48.4 Å². The zero-order valence-corrected chi connectivity index (χ0v) is 17.3. The van der Waals surface area contributed by atoms with Crippen molar-refractivity contribution in [3.8, 4) is 0 Å². The first-order valence-electron chi connectivity index (χ1n) is 9.18. The normalized spacial score (nSPS) is 18.0. The maximum atomic E-state index is 13.2. The van der Waals surface area contributed by atoms with Crippen molar-refractivity contribution < 1.29 is 36.7 Å². The molecule has 7 nitrogen and oxygen atoms in total. The van der Waals surface area contributed by atoms with E-state index in [9.17, 15) is 36.7 Å². The maximum absolute atomic E-state index is 13.2. The van der Waals surface area contributed by atoms with Crippen molar-refractivity contribution in [2.45, 2.75) is 44.1 Å². The number of alkyl halides is 4. The Hall–Kier alpha value is -2.69. The summed E-state index contributed by atoms with van der Waals surface area (Å²) in [6.45, 7) is 0.620. The van der Waals surface area contributed by atoms with Gasteiger partial charge in [-0.05, 0) is 31.5 Å². The summed E-state index contributed by atoms with van der Waals surface area (Å²) in [6.07, 6.45) is -1.96. The predicted octanol–water partition coefficient (Wildman–Crippen LogP) is 2.78. The predicted molar refractivity (Wildman–Crippen MR) is 103 cm³/mol. The Morgan fingerprint density at radius 3 is 2.39 bits per heavy atom. The van der Waals surface area contributed by atoms with E-state index in [0.717, 1.165) is 13.1 Å². The third-order valence-electron chi connectivity index (χ3n) is 4.57. The standard InChI is InChI=1S/C19H20ClF4N3O4/c1-18(21,22)6-5-13(14(28)17(31)25-2)27-15(29)10-7-9(20)3-4-12(10)26-16(30)11-8-19(11,23)24/h3-4,7,11,13H,5-6,8H2,1-2H3,(H,25,31)(H,26,30)(H,27,29)/t11-,13+/m1/s1. The molecule has 3 N–H and O–H groups in total. The molecule has 2 rings (SSSR count). The van der Waals surface area contributed by atoms with Crippen LogP contribution in [0, 0.1) is 5.92 Å². The van der Waals surface area contributed by atoms with Crippen LogP contribution in [0.1, 0.15) is 36.5 Å². The molecule has 1 aliphatic carbocycles. The summed E-state index contributed by atoms with van der Waals surface area (Å²) in [6, 6.07) is 2.01. The first-order valence-corrected chi connectivity index (χ1v) is 9.56. The maximum Gasteiger partial charge on any atom is 0.289 e. The number of likely N-dealkylation sites (N-methyl/N-ethyl adjacent to an activating group) is 1. The Kier molecular flexibility index (Phi) is 7.30. The van der Waals surface area contributed by atoms with Gasteiger partial charge < -0.3 is 16.0 Å². The Morgan fingerprint density at radius 1 is 1.26 bits per heavy atom.